The van der Waals surface area contributed by atoms with Gasteiger partial charge in [0.15, 0.2) is 5.13 Å². The highest BCUT2D eigenvalue weighted by atomic mass is 32.1. The van der Waals surface area contributed by atoms with Gasteiger partial charge in [0.25, 0.3) is 5.91 Å². The normalized spacial score (nSPS) is 10.8. The number of thiazole rings is 1. The first-order chi connectivity index (χ1) is 12.7. The largest absolute Gasteiger partial charge is 0.278 e. The minimum Gasteiger partial charge on any atom is -0.278 e. The molecule has 0 spiro atoms. The average Bonchev–Trinajstić information content (AvgIpc) is 3.10. The van der Waals surface area contributed by atoms with Crippen molar-refractivity contribution in [2.75, 3.05) is 4.90 Å². The maximum Gasteiger partial charge on any atom is 0.260 e. The molecule has 0 saturated heterocycles. The third-order valence-corrected chi connectivity index (χ3v) is 4.94. The van der Waals surface area contributed by atoms with E-state index in [-0.39, 0.29) is 18.0 Å². The Kier molecular flexibility index (Phi) is 4.41. The number of benzene rings is 2. The Morgan fingerprint density at radius 1 is 1.04 bits per heavy atom. The zero-order valence-electron chi connectivity index (χ0n) is 13.7. The van der Waals surface area contributed by atoms with Crippen LogP contribution in [0.3, 0.4) is 0 Å². The van der Waals surface area contributed by atoms with Crippen LogP contribution in [-0.2, 0) is 6.54 Å². The second-order valence-electron chi connectivity index (χ2n) is 5.69. The molecule has 0 N–H and O–H groups in total. The first-order valence-corrected chi connectivity index (χ1v) is 8.85. The molecule has 0 unspecified atom stereocenters. The second kappa shape index (κ2) is 7.01. The Labute approximate surface area is 153 Å². The number of nitrogens with zero attached hydrogens (tertiary/aromatic N) is 3. The third-order valence-electron chi connectivity index (χ3n) is 3.88. The molecule has 0 aliphatic rings. The molecule has 0 fully saturated rings. The van der Waals surface area contributed by atoms with Crippen molar-refractivity contribution in [3.05, 3.63) is 90.0 Å². The van der Waals surface area contributed by atoms with Crippen LogP contribution in [0.2, 0.25) is 0 Å². The predicted molar refractivity (Wildman–Crippen MR) is 101 cm³/mol. The molecule has 0 aliphatic carbocycles. The first-order valence-electron chi connectivity index (χ1n) is 8.03. The molecular weight excluding hydrogens is 349 g/mol. The van der Waals surface area contributed by atoms with Crippen LogP contribution >= 0.6 is 11.3 Å². The van der Waals surface area contributed by atoms with E-state index in [1.54, 1.807) is 17.2 Å². The minimum atomic E-state index is -0.446. The molecule has 1 amide bonds. The Morgan fingerprint density at radius 3 is 2.65 bits per heavy atom. The lowest BCUT2D eigenvalue weighted by atomic mass is 10.2. The van der Waals surface area contributed by atoms with Gasteiger partial charge in [-0.15, -0.1) is 0 Å². The van der Waals surface area contributed by atoms with Gasteiger partial charge in [0.2, 0.25) is 0 Å². The van der Waals surface area contributed by atoms with Gasteiger partial charge in [-0.2, -0.15) is 0 Å². The molecular formula is C20H14FN3OS. The topological polar surface area (TPSA) is 46.1 Å². The van der Waals surface area contributed by atoms with Gasteiger partial charge in [0.05, 0.1) is 22.5 Å². The highest BCUT2D eigenvalue weighted by Gasteiger charge is 2.22. The molecule has 4 nitrogen and oxygen atoms in total. The van der Waals surface area contributed by atoms with Crippen LogP contribution in [0.1, 0.15) is 16.1 Å². The van der Waals surface area contributed by atoms with E-state index >= 15 is 0 Å². The summed E-state index contributed by atoms with van der Waals surface area (Å²) in [5.41, 5.74) is 1.84. The Balaban J connectivity index is 1.77. The number of rotatable bonds is 4. The van der Waals surface area contributed by atoms with Gasteiger partial charge in [-0.05, 0) is 42.5 Å². The summed E-state index contributed by atoms with van der Waals surface area (Å²) in [6.45, 7) is 0.260. The zero-order valence-corrected chi connectivity index (χ0v) is 14.5. The number of aromatic nitrogens is 2. The molecule has 128 valence electrons. The lowest BCUT2D eigenvalue weighted by Gasteiger charge is -2.19. The highest BCUT2D eigenvalue weighted by Crippen LogP contribution is 2.30. The van der Waals surface area contributed by atoms with Crippen molar-refractivity contribution in [1.82, 2.24) is 9.97 Å². The monoisotopic (exact) mass is 363 g/mol. The molecule has 4 rings (SSSR count). The predicted octanol–water partition coefficient (Wildman–Crippen LogP) is 4.68. The number of pyridine rings is 1. The van der Waals surface area contributed by atoms with Gasteiger partial charge in [-0.25, -0.2) is 9.37 Å². The number of hydrogen-bond acceptors (Lipinski definition) is 4. The molecule has 4 aromatic rings. The molecule has 2 aromatic carbocycles. The first kappa shape index (κ1) is 16.4. The number of anilines is 1. The number of hydrogen-bond donors (Lipinski definition) is 0. The van der Waals surface area contributed by atoms with Crippen molar-refractivity contribution in [3.8, 4) is 0 Å². The Bertz CT molecular complexity index is 1030. The second-order valence-corrected chi connectivity index (χ2v) is 6.70. The number of amides is 1. The number of carbonyl (C=O) groups excluding carboxylic acids is 1. The Morgan fingerprint density at radius 2 is 1.88 bits per heavy atom. The van der Waals surface area contributed by atoms with Crippen LogP contribution in [0.4, 0.5) is 9.52 Å². The molecule has 0 aliphatic heterocycles. The summed E-state index contributed by atoms with van der Waals surface area (Å²) in [5.74, 6) is -0.757. The van der Waals surface area contributed by atoms with Gasteiger partial charge in [-0.1, -0.05) is 35.6 Å². The van der Waals surface area contributed by atoms with Crippen molar-refractivity contribution in [3.63, 3.8) is 0 Å². The lowest BCUT2D eigenvalue weighted by molar-refractivity contribution is 0.0984. The summed E-state index contributed by atoms with van der Waals surface area (Å²) in [4.78, 5) is 23.5. The molecule has 6 heteroatoms. The lowest BCUT2D eigenvalue weighted by Crippen LogP contribution is -2.30. The molecule has 0 saturated carbocycles. The smallest absolute Gasteiger partial charge is 0.260 e. The average molecular weight is 363 g/mol. The van der Waals surface area contributed by atoms with Crippen molar-refractivity contribution in [2.45, 2.75) is 6.54 Å². The van der Waals surface area contributed by atoms with Crippen LogP contribution in [0.25, 0.3) is 10.2 Å². The van der Waals surface area contributed by atoms with E-state index in [0.717, 1.165) is 15.9 Å². The molecule has 2 heterocycles. The quantitative estimate of drug-likeness (QED) is 0.529. The van der Waals surface area contributed by atoms with E-state index in [4.69, 9.17) is 0 Å². The van der Waals surface area contributed by atoms with E-state index in [1.165, 1.54) is 29.5 Å². The Hall–Kier alpha value is -3.12. The molecule has 0 bridgehead atoms. The van der Waals surface area contributed by atoms with Crippen molar-refractivity contribution >= 4 is 32.6 Å². The fraction of sp³-hybridized carbons (Fsp3) is 0.0500. The van der Waals surface area contributed by atoms with E-state index < -0.39 is 5.82 Å². The number of fused-ring (bicyclic) bond motifs is 1. The van der Waals surface area contributed by atoms with E-state index in [9.17, 15) is 9.18 Å². The number of carbonyl (C=O) groups is 1. The maximum absolute atomic E-state index is 13.6. The fourth-order valence-electron chi connectivity index (χ4n) is 2.63. The van der Waals surface area contributed by atoms with Crippen LogP contribution < -0.4 is 4.90 Å². The summed E-state index contributed by atoms with van der Waals surface area (Å²) >= 11 is 1.42. The van der Waals surface area contributed by atoms with Crippen molar-refractivity contribution < 1.29 is 9.18 Å². The van der Waals surface area contributed by atoms with Crippen LogP contribution in [0.15, 0.2) is 72.9 Å². The van der Waals surface area contributed by atoms with Gasteiger partial charge in [0, 0.05) is 11.8 Å². The van der Waals surface area contributed by atoms with Crippen molar-refractivity contribution in [2.24, 2.45) is 0 Å². The molecule has 26 heavy (non-hydrogen) atoms. The van der Waals surface area contributed by atoms with Crippen LogP contribution in [0, 0.1) is 5.82 Å². The van der Waals surface area contributed by atoms with Gasteiger partial charge in [0.1, 0.15) is 5.82 Å². The van der Waals surface area contributed by atoms with Gasteiger partial charge < -0.3 is 0 Å². The fourth-order valence-corrected chi connectivity index (χ4v) is 3.60. The minimum absolute atomic E-state index is 0.260. The number of para-hydroxylation sites is 1. The molecule has 0 radical (unpaired) electrons. The van der Waals surface area contributed by atoms with E-state index in [1.807, 2.05) is 42.5 Å². The molecule has 0 atom stereocenters. The SMILES string of the molecule is O=C(c1cccc(F)c1)N(Cc1ccccn1)c1nc2ccccc2s1. The van der Waals surface area contributed by atoms with Crippen LogP contribution in [-0.4, -0.2) is 15.9 Å². The van der Waals surface area contributed by atoms with E-state index in [0.29, 0.717) is 5.13 Å². The highest BCUT2D eigenvalue weighted by molar-refractivity contribution is 7.22. The standard InChI is InChI=1S/C20H14FN3OS/c21-15-7-5-6-14(12-15)19(25)24(13-16-8-3-4-11-22-16)20-23-17-9-1-2-10-18(17)26-20/h1-12H,13H2. The zero-order chi connectivity index (χ0) is 17.9. The number of halogens is 1. The molecule has 2 aromatic heterocycles. The summed E-state index contributed by atoms with van der Waals surface area (Å²) in [6, 6.07) is 18.9. The van der Waals surface area contributed by atoms with Gasteiger partial charge in [-0.3, -0.25) is 14.7 Å². The third kappa shape index (κ3) is 3.32. The maximum atomic E-state index is 13.6. The van der Waals surface area contributed by atoms with Crippen LogP contribution in [0.5, 0.6) is 0 Å². The van der Waals surface area contributed by atoms with Gasteiger partial charge >= 0.3 is 0 Å². The summed E-state index contributed by atoms with van der Waals surface area (Å²) in [6.07, 6.45) is 1.68. The summed E-state index contributed by atoms with van der Waals surface area (Å²) < 4.78 is 14.6. The van der Waals surface area contributed by atoms with E-state index in [2.05, 4.69) is 9.97 Å². The summed E-state index contributed by atoms with van der Waals surface area (Å²) in [5, 5.41) is 0.561. The summed E-state index contributed by atoms with van der Waals surface area (Å²) in [7, 11) is 0. The van der Waals surface area contributed by atoms with Crippen molar-refractivity contribution in [1.29, 1.82) is 0 Å².